The van der Waals surface area contributed by atoms with Gasteiger partial charge in [-0.1, -0.05) is 6.07 Å². The smallest absolute Gasteiger partial charge is 0.255 e. The Hall–Kier alpha value is -5.08. The number of fused-ring (bicyclic) bond motifs is 1. The van der Waals surface area contributed by atoms with Gasteiger partial charge in [-0.3, -0.25) is 9.59 Å². The molecule has 2 amide bonds. The van der Waals surface area contributed by atoms with Gasteiger partial charge >= 0.3 is 0 Å². The third kappa shape index (κ3) is 6.29. The Labute approximate surface area is 244 Å². The Morgan fingerprint density at radius 1 is 0.762 bits per heavy atom. The number of carbonyl (C=O) groups is 2. The highest BCUT2D eigenvalue weighted by Gasteiger charge is 2.19. The summed E-state index contributed by atoms with van der Waals surface area (Å²) in [7, 11) is 0. The number of anilines is 5. The standard InChI is InChI=1S/C34H33N5O3/c40-22-23-2-1-19-39(21-23)31-15-5-25(6-16-31)33(41)37-29-11-7-27(8-12-29)36-28-9-13-30(14-10-28)38-34(42)26-4-3-24-17-18-35-32(24)20-26/h3-18,20,23,35-36,40H,1-2,19,21-22H2,(H,37,41)(H,38,42). The van der Waals surface area contributed by atoms with Crippen molar-refractivity contribution in [2.45, 2.75) is 12.8 Å². The van der Waals surface area contributed by atoms with Crippen LogP contribution in [-0.4, -0.2) is 41.6 Å². The summed E-state index contributed by atoms with van der Waals surface area (Å²) in [5.41, 5.74) is 6.32. The molecule has 5 N–H and O–H groups in total. The second-order valence-electron chi connectivity index (χ2n) is 10.7. The first-order valence-electron chi connectivity index (χ1n) is 14.2. The summed E-state index contributed by atoms with van der Waals surface area (Å²) < 4.78 is 0. The van der Waals surface area contributed by atoms with Crippen molar-refractivity contribution in [3.63, 3.8) is 0 Å². The first-order chi connectivity index (χ1) is 20.5. The number of nitrogens with zero attached hydrogens (tertiary/aromatic N) is 1. The fourth-order valence-electron chi connectivity index (χ4n) is 5.31. The van der Waals surface area contributed by atoms with E-state index < -0.39 is 0 Å². The Morgan fingerprint density at radius 3 is 2.00 bits per heavy atom. The molecule has 0 radical (unpaired) electrons. The molecule has 0 bridgehead atoms. The Kier molecular flexibility index (Phi) is 7.87. The summed E-state index contributed by atoms with van der Waals surface area (Å²) in [4.78, 5) is 30.9. The van der Waals surface area contributed by atoms with Gasteiger partial charge in [0, 0.05) is 71.0 Å². The van der Waals surface area contributed by atoms with Gasteiger partial charge in [0.25, 0.3) is 11.8 Å². The molecule has 42 heavy (non-hydrogen) atoms. The van der Waals surface area contributed by atoms with Gasteiger partial charge in [0.1, 0.15) is 0 Å². The molecular weight excluding hydrogens is 526 g/mol. The lowest BCUT2D eigenvalue weighted by Gasteiger charge is -2.33. The van der Waals surface area contributed by atoms with Crippen molar-refractivity contribution in [2.24, 2.45) is 5.92 Å². The van der Waals surface area contributed by atoms with E-state index in [1.54, 1.807) is 0 Å². The monoisotopic (exact) mass is 559 g/mol. The molecule has 8 heteroatoms. The van der Waals surface area contributed by atoms with Gasteiger partial charge in [-0.15, -0.1) is 0 Å². The average Bonchev–Trinajstić information content (AvgIpc) is 3.51. The largest absolute Gasteiger partial charge is 0.396 e. The average molecular weight is 560 g/mol. The predicted octanol–water partition coefficient (Wildman–Crippen LogP) is 6.62. The molecule has 2 heterocycles. The van der Waals surface area contributed by atoms with Crippen molar-refractivity contribution in [3.05, 3.63) is 114 Å². The molecule has 1 saturated heterocycles. The molecule has 0 saturated carbocycles. The van der Waals surface area contributed by atoms with Crippen LogP contribution in [0.1, 0.15) is 33.6 Å². The van der Waals surface area contributed by atoms with E-state index >= 15 is 0 Å². The molecule has 1 fully saturated rings. The number of nitrogens with one attached hydrogen (secondary N) is 4. The molecule has 4 aromatic carbocycles. The van der Waals surface area contributed by atoms with Gasteiger partial charge in [0.15, 0.2) is 0 Å². The van der Waals surface area contributed by atoms with E-state index in [4.69, 9.17) is 0 Å². The highest BCUT2D eigenvalue weighted by molar-refractivity contribution is 6.06. The van der Waals surface area contributed by atoms with Crippen LogP contribution in [0.5, 0.6) is 0 Å². The third-order valence-corrected chi connectivity index (χ3v) is 7.66. The number of aromatic amines is 1. The number of benzene rings is 4. The fraction of sp³-hybridized carbons (Fsp3) is 0.176. The molecule has 8 nitrogen and oxygen atoms in total. The number of piperidine rings is 1. The number of rotatable bonds is 8. The van der Waals surface area contributed by atoms with Gasteiger partial charge in [-0.25, -0.2) is 0 Å². The van der Waals surface area contributed by atoms with E-state index in [-0.39, 0.29) is 18.4 Å². The zero-order valence-electron chi connectivity index (χ0n) is 23.1. The van der Waals surface area contributed by atoms with Gasteiger partial charge in [-0.2, -0.15) is 0 Å². The molecule has 6 rings (SSSR count). The van der Waals surface area contributed by atoms with Crippen LogP contribution in [0.3, 0.4) is 0 Å². The van der Waals surface area contributed by atoms with E-state index in [0.29, 0.717) is 28.4 Å². The van der Waals surface area contributed by atoms with Crippen molar-refractivity contribution >= 4 is 51.2 Å². The van der Waals surface area contributed by atoms with Crippen molar-refractivity contribution in [3.8, 4) is 0 Å². The van der Waals surface area contributed by atoms with Crippen LogP contribution in [0, 0.1) is 5.92 Å². The zero-order valence-corrected chi connectivity index (χ0v) is 23.1. The minimum absolute atomic E-state index is 0.167. The molecule has 212 valence electrons. The number of aliphatic hydroxyl groups excluding tert-OH is 1. The lowest BCUT2D eigenvalue weighted by molar-refractivity contribution is 0.101. The molecule has 0 spiro atoms. The zero-order chi connectivity index (χ0) is 28.9. The maximum absolute atomic E-state index is 12.8. The molecule has 1 unspecified atom stereocenters. The molecule has 1 aliphatic rings. The van der Waals surface area contributed by atoms with Crippen LogP contribution in [0.4, 0.5) is 28.4 Å². The Balaban J connectivity index is 1.01. The molecule has 0 aliphatic carbocycles. The topological polar surface area (TPSA) is 109 Å². The van der Waals surface area contributed by atoms with Crippen molar-refractivity contribution in [1.29, 1.82) is 0 Å². The highest BCUT2D eigenvalue weighted by Crippen LogP contribution is 2.25. The second-order valence-corrected chi connectivity index (χ2v) is 10.7. The maximum Gasteiger partial charge on any atom is 0.255 e. The van der Waals surface area contributed by atoms with Gasteiger partial charge in [0.2, 0.25) is 0 Å². The van der Waals surface area contributed by atoms with Crippen LogP contribution in [-0.2, 0) is 0 Å². The van der Waals surface area contributed by atoms with E-state index in [1.165, 1.54) is 0 Å². The van der Waals surface area contributed by atoms with Crippen LogP contribution in [0.15, 0.2) is 103 Å². The number of hydrogen-bond acceptors (Lipinski definition) is 5. The van der Waals surface area contributed by atoms with Gasteiger partial charge in [-0.05, 0) is 115 Å². The van der Waals surface area contributed by atoms with Crippen LogP contribution < -0.4 is 20.9 Å². The molecule has 1 atom stereocenters. The van der Waals surface area contributed by atoms with E-state index in [1.807, 2.05) is 103 Å². The van der Waals surface area contributed by atoms with E-state index in [9.17, 15) is 14.7 Å². The Morgan fingerprint density at radius 2 is 1.36 bits per heavy atom. The van der Waals surface area contributed by atoms with Crippen molar-refractivity contribution in [2.75, 3.05) is 40.5 Å². The van der Waals surface area contributed by atoms with Gasteiger partial charge in [0.05, 0.1) is 0 Å². The summed E-state index contributed by atoms with van der Waals surface area (Å²) >= 11 is 0. The summed E-state index contributed by atoms with van der Waals surface area (Å²) in [6.45, 7) is 2.02. The van der Waals surface area contributed by atoms with Crippen LogP contribution in [0.2, 0.25) is 0 Å². The van der Waals surface area contributed by atoms with E-state index in [0.717, 1.165) is 53.9 Å². The second kappa shape index (κ2) is 12.2. The molecule has 1 aromatic heterocycles. The fourth-order valence-corrected chi connectivity index (χ4v) is 5.31. The summed E-state index contributed by atoms with van der Waals surface area (Å²) in [6, 6.07) is 30.2. The summed E-state index contributed by atoms with van der Waals surface area (Å²) in [5, 5.41) is 19.8. The van der Waals surface area contributed by atoms with Gasteiger partial charge < -0.3 is 30.9 Å². The van der Waals surface area contributed by atoms with Crippen molar-refractivity contribution in [1.82, 2.24) is 4.98 Å². The lowest BCUT2D eigenvalue weighted by Crippen LogP contribution is -2.36. The van der Waals surface area contributed by atoms with E-state index in [2.05, 4.69) is 25.8 Å². The normalized spacial score (nSPS) is 14.9. The third-order valence-electron chi connectivity index (χ3n) is 7.66. The first-order valence-corrected chi connectivity index (χ1v) is 14.2. The lowest BCUT2D eigenvalue weighted by atomic mass is 9.98. The predicted molar refractivity (Wildman–Crippen MR) is 169 cm³/mol. The molecular formula is C34H33N5O3. The number of aromatic nitrogens is 1. The summed E-state index contributed by atoms with van der Waals surface area (Å²) in [5.74, 6) is -0.0264. The molecule has 5 aromatic rings. The minimum Gasteiger partial charge on any atom is -0.396 e. The number of hydrogen-bond donors (Lipinski definition) is 5. The quantitative estimate of drug-likeness (QED) is 0.147. The van der Waals surface area contributed by atoms with Crippen LogP contribution in [0.25, 0.3) is 10.9 Å². The van der Waals surface area contributed by atoms with Crippen LogP contribution >= 0.6 is 0 Å². The Bertz CT molecular complexity index is 1680. The maximum atomic E-state index is 12.8. The SMILES string of the molecule is O=C(Nc1ccc(Nc2ccc(NC(=O)c3ccc4cc[nH]c4c3)cc2)cc1)c1ccc(N2CCCC(CO)C2)cc1. The molecule has 1 aliphatic heterocycles. The minimum atomic E-state index is -0.168. The van der Waals surface area contributed by atoms with Crippen molar-refractivity contribution < 1.29 is 14.7 Å². The highest BCUT2D eigenvalue weighted by atomic mass is 16.3. The first kappa shape index (κ1) is 27.1. The number of H-pyrrole nitrogens is 1. The number of carbonyl (C=O) groups excluding carboxylic acids is 2. The summed E-state index contributed by atoms with van der Waals surface area (Å²) in [6.07, 6.45) is 3.97. The number of aliphatic hydroxyl groups is 1. The number of amides is 2.